The summed E-state index contributed by atoms with van der Waals surface area (Å²) in [4.78, 5) is 12.2. The molecule has 0 unspecified atom stereocenters. The quantitative estimate of drug-likeness (QED) is 0.742. The summed E-state index contributed by atoms with van der Waals surface area (Å²) in [5, 5.41) is 0. The van der Waals surface area contributed by atoms with Crippen molar-refractivity contribution in [3.8, 4) is 5.82 Å². The van der Waals surface area contributed by atoms with Crippen LogP contribution in [-0.2, 0) is 16.4 Å². The molecule has 0 bridgehead atoms. The Hall–Kier alpha value is -2.74. The monoisotopic (exact) mass is 343 g/mol. The molecule has 24 heavy (non-hydrogen) atoms. The smallest absolute Gasteiger partial charge is 0.263 e. The summed E-state index contributed by atoms with van der Waals surface area (Å²) in [6.45, 7) is 2.08. The lowest BCUT2D eigenvalue weighted by Gasteiger charge is -2.09. The molecule has 0 saturated heterocycles. The molecule has 3 aromatic rings. The zero-order valence-electron chi connectivity index (χ0n) is 13.1. The first-order valence-electron chi connectivity index (χ1n) is 7.50. The number of nitrogens with one attached hydrogen (secondary N) is 1. The molecule has 7 nitrogen and oxygen atoms in total. The van der Waals surface area contributed by atoms with Gasteiger partial charge in [0.15, 0.2) is 0 Å². The largest absolute Gasteiger partial charge is 0.290 e. The van der Waals surface area contributed by atoms with Gasteiger partial charge in [-0.15, -0.1) is 0 Å². The highest BCUT2D eigenvalue weighted by molar-refractivity contribution is 7.92. The highest BCUT2D eigenvalue weighted by Gasteiger charge is 2.15. The third-order valence-electron chi connectivity index (χ3n) is 3.43. The highest BCUT2D eigenvalue weighted by Crippen LogP contribution is 2.17. The van der Waals surface area contributed by atoms with Crippen LogP contribution in [0.15, 0.2) is 60.3 Å². The summed E-state index contributed by atoms with van der Waals surface area (Å²) >= 11 is 0. The number of hydrogen-bond acceptors (Lipinski definition) is 5. The molecule has 3 rings (SSSR count). The van der Waals surface area contributed by atoms with Gasteiger partial charge in [0, 0.05) is 18.5 Å². The predicted molar refractivity (Wildman–Crippen MR) is 90.4 cm³/mol. The Labute approximate surface area is 140 Å². The van der Waals surface area contributed by atoms with Gasteiger partial charge in [-0.2, -0.15) is 0 Å². The molecule has 0 aliphatic rings. The van der Waals surface area contributed by atoms with Crippen molar-refractivity contribution in [3.63, 3.8) is 0 Å². The lowest BCUT2D eigenvalue weighted by molar-refractivity contribution is 0.601. The van der Waals surface area contributed by atoms with Gasteiger partial charge in [-0.05, 0) is 24.1 Å². The maximum atomic E-state index is 12.5. The predicted octanol–water partition coefficient (Wildman–Crippen LogP) is 2.42. The van der Waals surface area contributed by atoms with Crippen molar-refractivity contribution in [1.29, 1.82) is 0 Å². The second-order valence-corrected chi connectivity index (χ2v) is 6.91. The van der Waals surface area contributed by atoms with Gasteiger partial charge < -0.3 is 0 Å². The van der Waals surface area contributed by atoms with Crippen molar-refractivity contribution in [2.45, 2.75) is 24.7 Å². The third-order valence-corrected chi connectivity index (χ3v) is 4.80. The van der Waals surface area contributed by atoms with Crippen LogP contribution in [0.25, 0.3) is 5.82 Å². The van der Waals surface area contributed by atoms with E-state index in [1.165, 1.54) is 6.33 Å². The fourth-order valence-corrected chi connectivity index (χ4v) is 3.26. The van der Waals surface area contributed by atoms with Crippen LogP contribution in [0.2, 0.25) is 0 Å². The number of nitrogens with zero attached hydrogens (tertiary/aromatic N) is 4. The lowest BCUT2D eigenvalue weighted by Crippen LogP contribution is -2.14. The molecule has 2 heterocycles. The number of sulfonamides is 1. The van der Waals surface area contributed by atoms with Crippen LogP contribution in [0.1, 0.15) is 18.9 Å². The number of anilines is 1. The fraction of sp³-hybridized carbons (Fsp3) is 0.188. The Morgan fingerprint density at radius 2 is 1.96 bits per heavy atom. The molecule has 0 fully saturated rings. The van der Waals surface area contributed by atoms with E-state index in [1.54, 1.807) is 41.5 Å². The van der Waals surface area contributed by atoms with Crippen molar-refractivity contribution in [1.82, 2.24) is 19.5 Å². The molecule has 124 valence electrons. The van der Waals surface area contributed by atoms with Crippen LogP contribution >= 0.6 is 0 Å². The molecule has 0 amide bonds. The first kappa shape index (κ1) is 16.1. The normalized spacial score (nSPS) is 11.4. The van der Waals surface area contributed by atoms with E-state index in [2.05, 4.69) is 26.6 Å². The standard InChI is InChI=1S/C16H17N5O2S/c1-2-3-13-4-6-14(7-5-13)24(22,23)20-15-10-16(19-11-18-15)21-9-8-17-12-21/h4-12H,2-3H2,1H3,(H,18,19,20). The van der Waals surface area contributed by atoms with Crippen LogP contribution in [0.4, 0.5) is 5.82 Å². The molecule has 0 aliphatic carbocycles. The number of aromatic nitrogens is 4. The average molecular weight is 343 g/mol. The van der Waals surface area contributed by atoms with Crippen molar-refractivity contribution >= 4 is 15.8 Å². The van der Waals surface area contributed by atoms with Crippen LogP contribution in [-0.4, -0.2) is 27.9 Å². The molecular weight excluding hydrogens is 326 g/mol. The van der Waals surface area contributed by atoms with E-state index < -0.39 is 10.0 Å². The first-order chi connectivity index (χ1) is 11.6. The lowest BCUT2D eigenvalue weighted by atomic mass is 10.1. The zero-order chi connectivity index (χ0) is 17.0. The Kier molecular flexibility index (Phi) is 4.57. The number of rotatable bonds is 6. The molecule has 0 saturated carbocycles. The summed E-state index contributed by atoms with van der Waals surface area (Å²) in [5.74, 6) is 0.727. The number of hydrogen-bond donors (Lipinski definition) is 1. The highest BCUT2D eigenvalue weighted by atomic mass is 32.2. The average Bonchev–Trinajstić information content (AvgIpc) is 3.10. The van der Waals surface area contributed by atoms with Crippen LogP contribution in [0.5, 0.6) is 0 Å². The Morgan fingerprint density at radius 1 is 1.17 bits per heavy atom. The Bertz CT molecular complexity index is 906. The Morgan fingerprint density at radius 3 is 2.62 bits per heavy atom. The van der Waals surface area contributed by atoms with Crippen molar-refractivity contribution in [2.75, 3.05) is 4.72 Å². The number of aryl methyl sites for hydroxylation is 1. The summed E-state index contributed by atoms with van der Waals surface area (Å²) < 4.78 is 29.1. The van der Waals surface area contributed by atoms with Crippen LogP contribution < -0.4 is 4.72 Å². The zero-order valence-corrected chi connectivity index (χ0v) is 13.9. The fourth-order valence-electron chi connectivity index (χ4n) is 2.26. The van der Waals surface area contributed by atoms with Gasteiger partial charge in [-0.25, -0.2) is 23.4 Å². The summed E-state index contributed by atoms with van der Waals surface area (Å²) in [6, 6.07) is 8.41. The van der Waals surface area contributed by atoms with Gasteiger partial charge in [-0.3, -0.25) is 9.29 Å². The van der Waals surface area contributed by atoms with Gasteiger partial charge in [0.1, 0.15) is 24.3 Å². The maximum absolute atomic E-state index is 12.5. The van der Waals surface area contributed by atoms with Gasteiger partial charge in [0.05, 0.1) is 4.90 Å². The van der Waals surface area contributed by atoms with E-state index in [4.69, 9.17) is 0 Å². The van der Waals surface area contributed by atoms with Gasteiger partial charge in [0.25, 0.3) is 10.0 Å². The number of benzene rings is 1. The molecule has 2 aromatic heterocycles. The van der Waals surface area contributed by atoms with E-state index in [9.17, 15) is 8.42 Å². The second-order valence-electron chi connectivity index (χ2n) is 5.23. The van der Waals surface area contributed by atoms with Gasteiger partial charge in [0.2, 0.25) is 0 Å². The molecule has 1 aromatic carbocycles. The minimum atomic E-state index is -3.70. The molecule has 1 N–H and O–H groups in total. The second kappa shape index (κ2) is 6.79. The third kappa shape index (κ3) is 3.60. The van der Waals surface area contributed by atoms with Gasteiger partial charge in [-0.1, -0.05) is 25.5 Å². The minimum Gasteiger partial charge on any atom is -0.290 e. The molecular formula is C16H17N5O2S. The number of imidazole rings is 1. The summed E-state index contributed by atoms with van der Waals surface area (Å²) in [7, 11) is -3.70. The first-order valence-corrected chi connectivity index (χ1v) is 8.99. The Balaban J connectivity index is 1.83. The summed E-state index contributed by atoms with van der Waals surface area (Å²) in [6.07, 6.45) is 8.15. The van der Waals surface area contributed by atoms with E-state index in [-0.39, 0.29) is 10.7 Å². The summed E-state index contributed by atoms with van der Waals surface area (Å²) in [5.41, 5.74) is 1.11. The van der Waals surface area contributed by atoms with Crippen LogP contribution in [0, 0.1) is 0 Å². The SMILES string of the molecule is CCCc1ccc(S(=O)(=O)Nc2cc(-n3ccnc3)ncn2)cc1. The van der Waals surface area contributed by atoms with E-state index >= 15 is 0 Å². The van der Waals surface area contributed by atoms with Crippen molar-refractivity contribution in [3.05, 3.63) is 60.9 Å². The van der Waals surface area contributed by atoms with Gasteiger partial charge >= 0.3 is 0 Å². The van der Waals surface area contributed by atoms with E-state index in [0.717, 1.165) is 18.4 Å². The molecule has 0 aliphatic heterocycles. The van der Waals surface area contributed by atoms with Crippen molar-refractivity contribution < 1.29 is 8.42 Å². The van der Waals surface area contributed by atoms with E-state index in [1.807, 2.05) is 12.1 Å². The molecule has 8 heteroatoms. The molecule has 0 radical (unpaired) electrons. The molecule has 0 atom stereocenters. The minimum absolute atomic E-state index is 0.199. The maximum Gasteiger partial charge on any atom is 0.263 e. The van der Waals surface area contributed by atoms with E-state index in [0.29, 0.717) is 5.82 Å². The van der Waals surface area contributed by atoms with Crippen molar-refractivity contribution in [2.24, 2.45) is 0 Å². The topological polar surface area (TPSA) is 89.8 Å². The molecule has 0 spiro atoms. The van der Waals surface area contributed by atoms with Crippen LogP contribution in [0.3, 0.4) is 0 Å².